The molecule has 0 aliphatic carbocycles. The zero-order chi connectivity index (χ0) is 14.6. The molecule has 1 unspecified atom stereocenters. The molecule has 1 atom stereocenters. The van der Waals surface area contributed by atoms with Gasteiger partial charge in [0.25, 0.3) is 0 Å². The van der Waals surface area contributed by atoms with Gasteiger partial charge in [-0.15, -0.1) is 0 Å². The minimum absolute atomic E-state index is 0.0478. The molecule has 1 aliphatic rings. The minimum Gasteiger partial charge on any atom is -0.353 e. The molecule has 1 heterocycles. The van der Waals surface area contributed by atoms with E-state index in [0.717, 1.165) is 6.42 Å². The van der Waals surface area contributed by atoms with Crippen molar-refractivity contribution in [1.29, 1.82) is 0 Å². The van der Waals surface area contributed by atoms with Crippen LogP contribution in [-0.2, 0) is 20.7 Å². The van der Waals surface area contributed by atoms with Crippen LogP contribution in [0.1, 0.15) is 31.4 Å². The predicted molar refractivity (Wildman–Crippen MR) is 77.4 cm³/mol. The second kappa shape index (κ2) is 6.37. The lowest BCUT2D eigenvalue weighted by Gasteiger charge is -2.17. The molecule has 1 N–H and O–H groups in total. The van der Waals surface area contributed by atoms with Gasteiger partial charge < -0.3 is 14.8 Å². The van der Waals surface area contributed by atoms with Gasteiger partial charge in [-0.25, -0.2) is 0 Å². The van der Waals surface area contributed by atoms with Crippen molar-refractivity contribution in [3.8, 4) is 0 Å². The highest BCUT2D eigenvalue weighted by Crippen LogP contribution is 2.21. The molecular formula is C16H23NO3. The van der Waals surface area contributed by atoms with Crippen LogP contribution in [0.25, 0.3) is 0 Å². The highest BCUT2D eigenvalue weighted by atomic mass is 16.7. The molecule has 1 aliphatic heterocycles. The number of hydrogen-bond acceptors (Lipinski definition) is 3. The lowest BCUT2D eigenvalue weighted by atomic mass is 10.1. The second-order valence-corrected chi connectivity index (χ2v) is 5.74. The first-order chi connectivity index (χ1) is 9.44. The molecule has 4 heteroatoms. The van der Waals surface area contributed by atoms with E-state index in [-0.39, 0.29) is 12.0 Å². The first-order valence-electron chi connectivity index (χ1n) is 7.09. The summed E-state index contributed by atoms with van der Waals surface area (Å²) in [7, 11) is 0. The molecule has 0 spiro atoms. The number of hydrogen-bond donors (Lipinski definition) is 1. The summed E-state index contributed by atoms with van der Waals surface area (Å²) in [6, 6.07) is 8.27. The van der Waals surface area contributed by atoms with Crippen molar-refractivity contribution in [3.05, 3.63) is 35.4 Å². The Hall–Kier alpha value is -1.39. The third kappa shape index (κ3) is 4.62. The van der Waals surface area contributed by atoms with Crippen molar-refractivity contribution in [2.24, 2.45) is 0 Å². The fourth-order valence-corrected chi connectivity index (χ4v) is 2.19. The molecule has 0 saturated carbocycles. The molecule has 1 saturated heterocycles. The number of benzene rings is 1. The molecule has 0 aromatic heterocycles. The number of carbonyl (C=O) groups excluding carboxylic acids is 1. The molecule has 20 heavy (non-hydrogen) atoms. The van der Waals surface area contributed by atoms with E-state index in [2.05, 4.69) is 36.5 Å². The molecule has 1 aromatic carbocycles. The summed E-state index contributed by atoms with van der Waals surface area (Å²) in [5, 5.41) is 2.90. The van der Waals surface area contributed by atoms with E-state index >= 15 is 0 Å². The fraction of sp³-hybridized carbons (Fsp3) is 0.562. The maximum atomic E-state index is 11.8. The fourth-order valence-electron chi connectivity index (χ4n) is 2.19. The molecule has 1 fully saturated rings. The lowest BCUT2D eigenvalue weighted by Crippen LogP contribution is -2.34. The van der Waals surface area contributed by atoms with E-state index in [0.29, 0.717) is 19.6 Å². The Morgan fingerprint density at radius 2 is 2.05 bits per heavy atom. The number of nitrogens with one attached hydrogen (secondary N) is 1. The minimum atomic E-state index is -0.530. The van der Waals surface area contributed by atoms with Crippen molar-refractivity contribution < 1.29 is 14.3 Å². The molecule has 1 amide bonds. The maximum absolute atomic E-state index is 11.8. The summed E-state index contributed by atoms with van der Waals surface area (Å²) in [4.78, 5) is 11.8. The van der Waals surface area contributed by atoms with E-state index in [1.807, 2.05) is 13.8 Å². The van der Waals surface area contributed by atoms with Crippen LogP contribution in [-0.4, -0.2) is 30.9 Å². The Bertz CT molecular complexity index is 453. The normalized spacial score (nSPS) is 20.9. The van der Waals surface area contributed by atoms with Crippen LogP contribution in [0.3, 0.4) is 0 Å². The van der Waals surface area contributed by atoms with E-state index in [4.69, 9.17) is 9.47 Å². The predicted octanol–water partition coefficient (Wildman–Crippen LogP) is 2.20. The lowest BCUT2D eigenvalue weighted by molar-refractivity contribution is -0.139. The van der Waals surface area contributed by atoms with E-state index in [9.17, 15) is 4.79 Å². The van der Waals surface area contributed by atoms with Gasteiger partial charge in [0.2, 0.25) is 5.91 Å². The number of carbonyl (C=O) groups is 1. The molecule has 0 bridgehead atoms. The number of ether oxygens (including phenoxy) is 2. The Kier molecular flexibility index (Phi) is 4.78. The van der Waals surface area contributed by atoms with Gasteiger partial charge >= 0.3 is 0 Å². The third-order valence-corrected chi connectivity index (χ3v) is 3.36. The van der Waals surface area contributed by atoms with Gasteiger partial charge in [-0.05, 0) is 32.8 Å². The molecule has 4 nitrogen and oxygen atoms in total. The number of amides is 1. The summed E-state index contributed by atoms with van der Waals surface area (Å²) >= 11 is 0. The van der Waals surface area contributed by atoms with Gasteiger partial charge in [-0.2, -0.15) is 0 Å². The monoisotopic (exact) mass is 277 g/mol. The van der Waals surface area contributed by atoms with Crippen LogP contribution < -0.4 is 5.32 Å². The molecule has 0 radical (unpaired) electrons. The van der Waals surface area contributed by atoms with Crippen LogP contribution in [0.15, 0.2) is 24.3 Å². The van der Waals surface area contributed by atoms with Gasteiger partial charge in [0.15, 0.2) is 5.79 Å². The average molecular weight is 277 g/mol. The first kappa shape index (κ1) is 15.0. The third-order valence-electron chi connectivity index (χ3n) is 3.36. The molecule has 2 rings (SSSR count). The van der Waals surface area contributed by atoms with Crippen molar-refractivity contribution in [1.82, 2.24) is 5.32 Å². The van der Waals surface area contributed by atoms with Crippen molar-refractivity contribution in [3.63, 3.8) is 0 Å². The molecule has 110 valence electrons. The van der Waals surface area contributed by atoms with Crippen LogP contribution in [0.5, 0.6) is 0 Å². The zero-order valence-corrected chi connectivity index (χ0v) is 12.4. The van der Waals surface area contributed by atoms with E-state index < -0.39 is 5.79 Å². The van der Waals surface area contributed by atoms with Crippen molar-refractivity contribution in [2.45, 2.75) is 45.5 Å². The van der Waals surface area contributed by atoms with E-state index in [1.54, 1.807) is 0 Å². The highest BCUT2D eigenvalue weighted by molar-refractivity contribution is 5.76. The van der Waals surface area contributed by atoms with Crippen LogP contribution >= 0.6 is 0 Å². The standard InChI is InChI=1S/C16H23NO3/c1-12-4-6-13(7-5-12)8-9-15(18)17-10-14-11-19-16(2,3)20-14/h4-7,14H,8-11H2,1-3H3,(H,17,18). The average Bonchev–Trinajstić information content (AvgIpc) is 2.75. The van der Waals surface area contributed by atoms with Crippen LogP contribution in [0.2, 0.25) is 0 Å². The summed E-state index contributed by atoms with van der Waals surface area (Å²) in [5.74, 6) is -0.476. The summed E-state index contributed by atoms with van der Waals surface area (Å²) in [6.45, 7) is 6.86. The van der Waals surface area contributed by atoms with Crippen molar-refractivity contribution in [2.75, 3.05) is 13.2 Å². The topological polar surface area (TPSA) is 47.6 Å². The summed E-state index contributed by atoms with van der Waals surface area (Å²) < 4.78 is 11.1. The number of aryl methyl sites for hydroxylation is 2. The maximum Gasteiger partial charge on any atom is 0.220 e. The van der Waals surface area contributed by atoms with Crippen LogP contribution in [0, 0.1) is 6.92 Å². The summed E-state index contributed by atoms with van der Waals surface area (Å²) in [6.07, 6.45) is 1.22. The Labute approximate surface area is 120 Å². The second-order valence-electron chi connectivity index (χ2n) is 5.74. The van der Waals surface area contributed by atoms with Gasteiger partial charge in [0.05, 0.1) is 6.61 Å². The largest absolute Gasteiger partial charge is 0.353 e. The van der Waals surface area contributed by atoms with Gasteiger partial charge in [0, 0.05) is 13.0 Å². The zero-order valence-electron chi connectivity index (χ0n) is 12.4. The molecular weight excluding hydrogens is 254 g/mol. The Morgan fingerprint density at radius 3 is 2.65 bits per heavy atom. The SMILES string of the molecule is Cc1ccc(CCC(=O)NCC2COC(C)(C)O2)cc1. The first-order valence-corrected chi connectivity index (χ1v) is 7.09. The highest BCUT2D eigenvalue weighted by Gasteiger charge is 2.32. The molecule has 1 aromatic rings. The number of rotatable bonds is 5. The van der Waals surface area contributed by atoms with Gasteiger partial charge in [0.1, 0.15) is 6.10 Å². The van der Waals surface area contributed by atoms with Gasteiger partial charge in [-0.3, -0.25) is 4.79 Å². The quantitative estimate of drug-likeness (QED) is 0.897. The van der Waals surface area contributed by atoms with Crippen molar-refractivity contribution >= 4 is 5.91 Å². The van der Waals surface area contributed by atoms with Gasteiger partial charge in [-0.1, -0.05) is 29.8 Å². The Morgan fingerprint density at radius 1 is 1.35 bits per heavy atom. The Balaban J connectivity index is 1.67. The van der Waals surface area contributed by atoms with Crippen LogP contribution in [0.4, 0.5) is 0 Å². The summed E-state index contributed by atoms with van der Waals surface area (Å²) in [5.41, 5.74) is 2.42. The van der Waals surface area contributed by atoms with E-state index in [1.165, 1.54) is 11.1 Å². The smallest absolute Gasteiger partial charge is 0.220 e.